The zero-order valence-electron chi connectivity index (χ0n) is 26.6. The lowest BCUT2D eigenvalue weighted by molar-refractivity contribution is -0.0549. The quantitative estimate of drug-likeness (QED) is 0.286. The molecule has 2 aromatic heterocycles. The number of aryl methyl sites for hydroxylation is 1. The van der Waals surface area contributed by atoms with E-state index in [0.29, 0.717) is 17.7 Å². The second-order valence-corrected chi connectivity index (χ2v) is 22.8. The molecule has 3 aliphatic heterocycles. The monoisotopic (exact) mass is 590 g/mol. The number of ether oxygens (including phenoxy) is 1. The molecule has 0 radical (unpaired) electrons. The van der Waals surface area contributed by atoms with Crippen LogP contribution in [0.3, 0.4) is 0 Å². The molecular formula is C29H52N5O4Si2+. The summed E-state index contributed by atoms with van der Waals surface area (Å²) in [4.78, 5) is 14.7. The van der Waals surface area contributed by atoms with E-state index in [0.717, 1.165) is 40.4 Å². The highest BCUT2D eigenvalue weighted by Crippen LogP contribution is 2.50. The summed E-state index contributed by atoms with van der Waals surface area (Å²) < 4.78 is 31.6. The number of aromatic nitrogens is 4. The van der Waals surface area contributed by atoms with Crippen LogP contribution in [0.1, 0.15) is 87.2 Å². The highest BCUT2D eigenvalue weighted by molar-refractivity contribution is 6.84. The van der Waals surface area contributed by atoms with E-state index in [1.807, 2.05) is 13.3 Å². The van der Waals surface area contributed by atoms with Gasteiger partial charge in [-0.25, -0.2) is 9.97 Å². The van der Waals surface area contributed by atoms with Crippen LogP contribution in [0.25, 0.3) is 11.2 Å². The Labute approximate surface area is 243 Å². The fraction of sp³-hybridized carbons (Fsp3) is 0.828. The second-order valence-electron chi connectivity index (χ2n) is 14.0. The lowest BCUT2D eigenvalue weighted by Crippen LogP contribution is -2.65. The number of rotatable bonds is 6. The molecule has 0 aliphatic carbocycles. The third kappa shape index (κ3) is 4.73. The highest BCUT2D eigenvalue weighted by atomic mass is 28.5. The first kappa shape index (κ1) is 30.2. The van der Waals surface area contributed by atoms with Crippen molar-refractivity contribution >= 4 is 34.1 Å². The van der Waals surface area contributed by atoms with Crippen molar-refractivity contribution in [1.29, 1.82) is 0 Å². The van der Waals surface area contributed by atoms with Crippen LogP contribution in [-0.2, 0) is 17.7 Å². The molecule has 0 bridgehead atoms. The minimum absolute atomic E-state index is 0.0709. The van der Waals surface area contributed by atoms with Gasteiger partial charge in [0, 0.05) is 18.8 Å². The summed E-state index contributed by atoms with van der Waals surface area (Å²) in [5.41, 5.74) is 2.90. The summed E-state index contributed by atoms with van der Waals surface area (Å²) in [6, 6.07) is 0. The van der Waals surface area contributed by atoms with Crippen LogP contribution in [0.5, 0.6) is 0 Å². The van der Waals surface area contributed by atoms with Gasteiger partial charge in [0.15, 0.2) is 11.2 Å². The molecule has 224 valence electrons. The van der Waals surface area contributed by atoms with Crippen LogP contribution in [0.4, 0.5) is 5.82 Å². The molecule has 0 N–H and O–H groups in total. The Kier molecular flexibility index (Phi) is 8.17. The van der Waals surface area contributed by atoms with Crippen LogP contribution < -0.4 is 4.48 Å². The van der Waals surface area contributed by atoms with Crippen LogP contribution in [0, 0.1) is 12.8 Å². The molecule has 9 nitrogen and oxygen atoms in total. The van der Waals surface area contributed by atoms with Crippen molar-refractivity contribution < 1.29 is 17.7 Å². The standard InChI is InChI=1S/C29H52N5O4Si2/c1-18(2)39(19(3)4)35-16-24-26(37-40(38-39,20(5)6)21(7)8)22(9)29(36-24)33-17-30-25-27(33)31-23(10)32-28(25)34(11)14-12-13-15-34/h17-22,24,26,29H,12-16H2,1-11H3/q+1/t22?,24-,26-,29-/m1/s1. The molecule has 0 saturated carbocycles. The minimum Gasteiger partial charge on any atom is -0.414 e. The molecule has 5 rings (SSSR count). The number of imidazole rings is 1. The number of nitrogens with zero attached hydrogens (tertiary/aromatic N) is 5. The Morgan fingerprint density at radius 2 is 1.52 bits per heavy atom. The highest BCUT2D eigenvalue weighted by Gasteiger charge is 2.61. The number of quaternary nitrogens is 1. The summed E-state index contributed by atoms with van der Waals surface area (Å²) in [7, 11) is -3.06. The first-order chi connectivity index (χ1) is 18.8. The van der Waals surface area contributed by atoms with Gasteiger partial charge in [-0.15, -0.1) is 0 Å². The number of likely N-dealkylation sites (tertiary alicyclic amines) is 1. The van der Waals surface area contributed by atoms with Gasteiger partial charge in [0.2, 0.25) is 0 Å². The van der Waals surface area contributed by atoms with Crippen LogP contribution in [-0.4, -0.2) is 75.6 Å². The molecule has 3 aliphatic rings. The second kappa shape index (κ2) is 10.8. The predicted molar refractivity (Wildman–Crippen MR) is 164 cm³/mol. The van der Waals surface area contributed by atoms with Crippen molar-refractivity contribution in [3.63, 3.8) is 0 Å². The van der Waals surface area contributed by atoms with Gasteiger partial charge in [-0.3, -0.25) is 9.05 Å². The van der Waals surface area contributed by atoms with Gasteiger partial charge in [0.1, 0.15) is 18.2 Å². The van der Waals surface area contributed by atoms with Gasteiger partial charge in [-0.1, -0.05) is 62.3 Å². The first-order valence-electron chi connectivity index (χ1n) is 15.5. The fourth-order valence-corrected chi connectivity index (χ4v) is 18.8. The Bertz CT molecular complexity index is 1200. The molecule has 5 heterocycles. The zero-order chi connectivity index (χ0) is 29.2. The zero-order valence-corrected chi connectivity index (χ0v) is 28.6. The molecule has 4 atom stereocenters. The summed E-state index contributed by atoms with van der Waals surface area (Å²) in [6.07, 6.45) is 3.76. The molecule has 3 saturated heterocycles. The van der Waals surface area contributed by atoms with E-state index in [1.54, 1.807) is 0 Å². The van der Waals surface area contributed by atoms with E-state index in [2.05, 4.69) is 73.9 Å². The van der Waals surface area contributed by atoms with E-state index in [4.69, 9.17) is 32.7 Å². The Morgan fingerprint density at radius 3 is 2.10 bits per heavy atom. The molecule has 0 amide bonds. The fourth-order valence-electron chi connectivity index (χ4n) is 7.47. The molecule has 0 spiro atoms. The van der Waals surface area contributed by atoms with Crippen molar-refractivity contribution in [3.05, 3.63) is 12.2 Å². The molecule has 40 heavy (non-hydrogen) atoms. The summed E-state index contributed by atoms with van der Waals surface area (Å²) in [6.45, 7) is 25.0. The molecule has 0 aromatic carbocycles. The minimum atomic E-state index is -2.72. The van der Waals surface area contributed by atoms with Gasteiger partial charge in [0.25, 0.3) is 5.82 Å². The summed E-state index contributed by atoms with van der Waals surface area (Å²) in [5, 5.41) is 0. The van der Waals surface area contributed by atoms with Crippen molar-refractivity contribution in [3.8, 4) is 0 Å². The van der Waals surface area contributed by atoms with E-state index in [-0.39, 0.29) is 35.4 Å². The summed E-state index contributed by atoms with van der Waals surface area (Å²) in [5.74, 6) is 1.87. The SMILES string of the molecule is Cc1nc([N+]2(C)CCCC2)c2ncn([C@@H]3O[C@@H]4CO[Si](C(C)C)(C(C)C)O[Si](C(C)C)(C(C)C)O[C@@H]4C3C)c2n1. The van der Waals surface area contributed by atoms with Gasteiger partial charge < -0.3 is 17.7 Å². The van der Waals surface area contributed by atoms with Crippen molar-refractivity contribution in [1.82, 2.24) is 24.0 Å². The Balaban J connectivity index is 1.56. The van der Waals surface area contributed by atoms with Gasteiger partial charge in [0.05, 0.1) is 39.2 Å². The number of fused-ring (bicyclic) bond motifs is 2. The van der Waals surface area contributed by atoms with Gasteiger partial charge in [-0.05, 0) is 29.1 Å². The normalized spacial score (nSPS) is 30.0. The number of hydrogen-bond donors (Lipinski definition) is 0. The Hall–Kier alpha value is -1.22. The van der Waals surface area contributed by atoms with Crippen LogP contribution in [0.2, 0.25) is 22.2 Å². The average Bonchev–Trinajstić information content (AvgIpc) is 3.56. The molecule has 11 heteroatoms. The third-order valence-corrected chi connectivity index (χ3v) is 20.1. The van der Waals surface area contributed by atoms with Crippen molar-refractivity contribution in [2.45, 2.75) is 123 Å². The maximum absolute atomic E-state index is 7.40. The molecule has 1 unspecified atom stereocenters. The maximum atomic E-state index is 7.40. The largest absolute Gasteiger partial charge is 0.414 e. The van der Waals surface area contributed by atoms with E-state index >= 15 is 0 Å². The lowest BCUT2D eigenvalue weighted by Gasteiger charge is -2.51. The van der Waals surface area contributed by atoms with E-state index in [1.165, 1.54) is 12.8 Å². The van der Waals surface area contributed by atoms with Gasteiger partial charge in [-0.2, -0.15) is 4.98 Å². The topological polar surface area (TPSA) is 80.5 Å². The maximum Gasteiger partial charge on any atom is 0.335 e. The molecule has 3 fully saturated rings. The lowest BCUT2D eigenvalue weighted by atomic mass is 10.0. The van der Waals surface area contributed by atoms with E-state index in [9.17, 15) is 0 Å². The van der Waals surface area contributed by atoms with Crippen LogP contribution in [0.15, 0.2) is 6.33 Å². The van der Waals surface area contributed by atoms with Gasteiger partial charge >= 0.3 is 17.1 Å². The van der Waals surface area contributed by atoms with E-state index < -0.39 is 17.1 Å². The average molecular weight is 591 g/mol. The Morgan fingerprint density at radius 1 is 0.925 bits per heavy atom. The smallest absolute Gasteiger partial charge is 0.335 e. The summed E-state index contributed by atoms with van der Waals surface area (Å²) >= 11 is 0. The number of hydrogen-bond acceptors (Lipinski definition) is 7. The first-order valence-corrected chi connectivity index (χ1v) is 19.4. The molecular weight excluding hydrogens is 539 g/mol. The van der Waals surface area contributed by atoms with Crippen molar-refractivity contribution in [2.75, 3.05) is 26.7 Å². The predicted octanol–water partition coefficient (Wildman–Crippen LogP) is 6.36. The third-order valence-electron chi connectivity index (χ3n) is 9.83. The van der Waals surface area contributed by atoms with Crippen LogP contribution >= 0.6 is 0 Å². The van der Waals surface area contributed by atoms with Crippen molar-refractivity contribution in [2.24, 2.45) is 5.92 Å². The molecule has 2 aromatic rings.